The first-order chi connectivity index (χ1) is 7.23. The molecule has 3 nitrogen and oxygen atoms in total. The van der Waals surface area contributed by atoms with Gasteiger partial charge in [0.25, 0.3) is 0 Å². The number of esters is 1. The fourth-order valence-electron chi connectivity index (χ4n) is 1.72. The van der Waals surface area contributed by atoms with Crippen molar-refractivity contribution in [2.24, 2.45) is 5.41 Å². The highest BCUT2D eigenvalue weighted by Gasteiger charge is 2.49. The summed E-state index contributed by atoms with van der Waals surface area (Å²) in [5.41, 5.74) is -1.85. The van der Waals surface area contributed by atoms with E-state index in [1.807, 2.05) is 13.8 Å². The molecular weight excluding hydrogens is 204 g/mol. The van der Waals surface area contributed by atoms with Crippen molar-refractivity contribution in [3.8, 4) is 0 Å². The predicted octanol–water partition coefficient (Wildman–Crippen LogP) is 2.67. The van der Waals surface area contributed by atoms with E-state index in [-0.39, 0.29) is 12.2 Å². The monoisotopic (exact) mass is 224 g/mol. The van der Waals surface area contributed by atoms with Crippen LogP contribution < -0.4 is 0 Å². The summed E-state index contributed by atoms with van der Waals surface area (Å²) in [5.74, 6) is -0.681. The third-order valence-corrected chi connectivity index (χ3v) is 2.87. The molecule has 0 saturated carbocycles. The number of carbonyl (C=O) groups excluding carboxylic acids is 2. The second-order valence-corrected chi connectivity index (χ2v) is 4.40. The van der Waals surface area contributed by atoms with E-state index < -0.39 is 17.0 Å². The summed E-state index contributed by atoms with van der Waals surface area (Å²) < 4.78 is 5.26. The average Bonchev–Trinajstić information content (AvgIpc) is 2.15. The summed E-state index contributed by atoms with van der Waals surface area (Å²) in [6.07, 6.45) is 3.48. The van der Waals surface area contributed by atoms with E-state index in [2.05, 4.69) is 13.2 Å². The molecule has 3 heteroatoms. The van der Waals surface area contributed by atoms with Crippen molar-refractivity contribution in [3.63, 3.8) is 0 Å². The summed E-state index contributed by atoms with van der Waals surface area (Å²) in [4.78, 5) is 23.0. The molecule has 0 spiro atoms. The number of ketones is 1. The Balaban J connectivity index is 5.59. The van der Waals surface area contributed by atoms with Gasteiger partial charge in [-0.05, 0) is 6.92 Å². The maximum atomic E-state index is 11.8. The molecule has 1 atom stereocenters. The van der Waals surface area contributed by atoms with Crippen molar-refractivity contribution in [2.75, 3.05) is 0 Å². The maximum Gasteiger partial charge on any atom is 0.303 e. The van der Waals surface area contributed by atoms with Crippen LogP contribution in [0.4, 0.5) is 0 Å². The van der Waals surface area contributed by atoms with E-state index in [1.165, 1.54) is 13.8 Å². The Kier molecular flexibility index (Phi) is 4.66. The van der Waals surface area contributed by atoms with Gasteiger partial charge in [0.2, 0.25) is 0 Å². The van der Waals surface area contributed by atoms with Crippen molar-refractivity contribution in [3.05, 3.63) is 25.3 Å². The average molecular weight is 224 g/mol. The third-order valence-electron chi connectivity index (χ3n) is 2.87. The molecule has 0 rings (SSSR count). The Bertz CT molecular complexity index is 315. The molecule has 0 saturated heterocycles. The summed E-state index contributed by atoms with van der Waals surface area (Å²) >= 11 is 0. The van der Waals surface area contributed by atoms with Gasteiger partial charge in [-0.15, -0.1) is 13.2 Å². The molecule has 0 aromatic rings. The van der Waals surface area contributed by atoms with Crippen molar-refractivity contribution in [2.45, 2.75) is 39.7 Å². The number of Topliss-reactive ketones (excluding diaryl/α,β-unsaturated/α-hetero) is 1. The SMILES string of the molecule is C=CCC(OC(C)=O)(C(C)=O)C(C)(C)C=C. The standard InChI is InChI=1S/C13H20O3/c1-7-9-13(10(3)14,16-11(4)15)12(5,6)8-2/h7-8H,1-2,9H2,3-6H3. The fraction of sp³-hybridized carbons (Fsp3) is 0.538. The van der Waals surface area contributed by atoms with Gasteiger partial charge in [0, 0.05) is 18.8 Å². The number of carbonyl (C=O) groups is 2. The summed E-state index contributed by atoms with van der Waals surface area (Å²) in [6, 6.07) is 0. The van der Waals surface area contributed by atoms with Gasteiger partial charge in [-0.1, -0.05) is 26.0 Å². The molecule has 0 aromatic carbocycles. The first-order valence-corrected chi connectivity index (χ1v) is 5.18. The van der Waals surface area contributed by atoms with Crippen LogP contribution in [0.1, 0.15) is 34.1 Å². The molecule has 0 bridgehead atoms. The Hall–Kier alpha value is -1.38. The highest BCUT2D eigenvalue weighted by Crippen LogP contribution is 2.39. The molecule has 0 radical (unpaired) electrons. The van der Waals surface area contributed by atoms with Gasteiger partial charge in [-0.25, -0.2) is 0 Å². The first kappa shape index (κ1) is 14.6. The Morgan fingerprint density at radius 1 is 1.25 bits per heavy atom. The van der Waals surface area contributed by atoms with E-state index in [1.54, 1.807) is 12.2 Å². The summed E-state index contributed by atoms with van der Waals surface area (Å²) in [6.45, 7) is 13.6. The van der Waals surface area contributed by atoms with Gasteiger partial charge in [0.1, 0.15) is 0 Å². The smallest absolute Gasteiger partial charge is 0.303 e. The lowest BCUT2D eigenvalue weighted by atomic mass is 9.70. The van der Waals surface area contributed by atoms with Crippen molar-refractivity contribution in [1.82, 2.24) is 0 Å². The van der Waals surface area contributed by atoms with Crippen LogP contribution in [-0.2, 0) is 14.3 Å². The molecule has 0 amide bonds. The van der Waals surface area contributed by atoms with Crippen molar-refractivity contribution in [1.29, 1.82) is 0 Å². The molecule has 90 valence electrons. The van der Waals surface area contributed by atoms with Crippen molar-refractivity contribution < 1.29 is 14.3 Å². The molecule has 0 aromatic heterocycles. The molecule has 16 heavy (non-hydrogen) atoms. The lowest BCUT2D eigenvalue weighted by Gasteiger charge is -2.41. The number of rotatable bonds is 6. The maximum absolute atomic E-state index is 11.8. The zero-order valence-corrected chi connectivity index (χ0v) is 10.5. The van der Waals surface area contributed by atoms with Gasteiger partial charge >= 0.3 is 5.97 Å². The second kappa shape index (κ2) is 5.10. The number of hydrogen-bond donors (Lipinski definition) is 0. The predicted molar refractivity (Wildman–Crippen MR) is 64.0 cm³/mol. The van der Waals surface area contributed by atoms with Gasteiger partial charge < -0.3 is 4.74 Å². The molecule has 0 N–H and O–H groups in total. The van der Waals surface area contributed by atoms with E-state index >= 15 is 0 Å². The number of ether oxygens (including phenoxy) is 1. The minimum Gasteiger partial charge on any atom is -0.450 e. The Morgan fingerprint density at radius 3 is 2.00 bits per heavy atom. The van der Waals surface area contributed by atoms with Crippen LogP contribution in [0.3, 0.4) is 0 Å². The van der Waals surface area contributed by atoms with Crippen LogP contribution in [0.25, 0.3) is 0 Å². The molecule has 1 unspecified atom stereocenters. The molecular formula is C13H20O3. The molecule has 0 aliphatic heterocycles. The van der Waals surface area contributed by atoms with Crippen LogP contribution in [0.15, 0.2) is 25.3 Å². The molecule has 0 fully saturated rings. The van der Waals surface area contributed by atoms with Gasteiger partial charge in [0.15, 0.2) is 11.4 Å². The lowest BCUT2D eigenvalue weighted by molar-refractivity contribution is -0.175. The largest absolute Gasteiger partial charge is 0.450 e. The first-order valence-electron chi connectivity index (χ1n) is 5.18. The zero-order valence-electron chi connectivity index (χ0n) is 10.5. The second-order valence-electron chi connectivity index (χ2n) is 4.40. The minimum atomic E-state index is -1.21. The molecule has 0 heterocycles. The van der Waals surface area contributed by atoms with Gasteiger partial charge in [-0.2, -0.15) is 0 Å². The van der Waals surface area contributed by atoms with Crippen molar-refractivity contribution >= 4 is 11.8 Å². The Labute approximate surface area is 97.2 Å². The van der Waals surface area contributed by atoms with Gasteiger partial charge in [-0.3, -0.25) is 9.59 Å². The normalized spacial score (nSPS) is 14.8. The van der Waals surface area contributed by atoms with E-state index in [4.69, 9.17) is 4.74 Å². The zero-order chi connectivity index (χ0) is 13.0. The fourth-order valence-corrected chi connectivity index (χ4v) is 1.72. The van der Waals surface area contributed by atoms with Crippen LogP contribution in [0.5, 0.6) is 0 Å². The number of hydrogen-bond acceptors (Lipinski definition) is 3. The summed E-state index contributed by atoms with van der Waals surface area (Å²) in [5, 5.41) is 0. The van der Waals surface area contributed by atoms with E-state index in [0.717, 1.165) is 0 Å². The van der Waals surface area contributed by atoms with Crippen LogP contribution in [0, 0.1) is 5.41 Å². The van der Waals surface area contributed by atoms with Crippen LogP contribution >= 0.6 is 0 Å². The Morgan fingerprint density at radius 2 is 1.75 bits per heavy atom. The molecule has 0 aliphatic rings. The highest BCUT2D eigenvalue weighted by molar-refractivity contribution is 5.89. The topological polar surface area (TPSA) is 43.4 Å². The van der Waals surface area contributed by atoms with Gasteiger partial charge in [0.05, 0.1) is 0 Å². The van der Waals surface area contributed by atoms with E-state index in [0.29, 0.717) is 0 Å². The highest BCUT2D eigenvalue weighted by atomic mass is 16.6. The van der Waals surface area contributed by atoms with Crippen LogP contribution in [-0.4, -0.2) is 17.4 Å². The van der Waals surface area contributed by atoms with E-state index in [9.17, 15) is 9.59 Å². The lowest BCUT2D eigenvalue weighted by Crippen LogP contribution is -2.52. The summed E-state index contributed by atoms with van der Waals surface area (Å²) in [7, 11) is 0. The van der Waals surface area contributed by atoms with Crippen LogP contribution in [0.2, 0.25) is 0 Å². The quantitative estimate of drug-likeness (QED) is 0.514. The minimum absolute atomic E-state index is 0.201. The third kappa shape index (κ3) is 2.60. The molecule has 0 aliphatic carbocycles.